The molecule has 0 saturated carbocycles. The highest BCUT2D eigenvalue weighted by molar-refractivity contribution is 7.89. The van der Waals surface area contributed by atoms with Crippen molar-refractivity contribution in [2.75, 3.05) is 13.1 Å². The topological polar surface area (TPSA) is 63.4 Å². The van der Waals surface area contributed by atoms with Gasteiger partial charge in [-0.25, -0.2) is 8.42 Å². The van der Waals surface area contributed by atoms with Crippen molar-refractivity contribution in [2.24, 2.45) is 11.7 Å². The average molecular weight is 308 g/mol. The van der Waals surface area contributed by atoms with E-state index in [9.17, 15) is 8.42 Å². The second-order valence-corrected chi connectivity index (χ2v) is 8.21. The van der Waals surface area contributed by atoms with Crippen LogP contribution in [0.15, 0.2) is 23.1 Å². The number of nitrogens with zero attached hydrogens (tertiary/aromatic N) is 1. The second-order valence-electron chi connectivity index (χ2n) is 6.27. The van der Waals surface area contributed by atoms with Gasteiger partial charge in [0.2, 0.25) is 10.0 Å². The summed E-state index contributed by atoms with van der Waals surface area (Å²) < 4.78 is 27.3. The molecule has 1 fully saturated rings. The summed E-state index contributed by atoms with van der Waals surface area (Å²) in [6.07, 6.45) is 4.89. The van der Waals surface area contributed by atoms with Crippen LogP contribution in [0.4, 0.5) is 0 Å². The Kier molecular flexibility index (Phi) is 4.08. The average Bonchev–Trinajstić information content (AvgIpc) is 2.94. The maximum absolute atomic E-state index is 12.8. The summed E-state index contributed by atoms with van der Waals surface area (Å²) in [7, 11) is -3.37. The highest BCUT2D eigenvalue weighted by Crippen LogP contribution is 2.28. The summed E-state index contributed by atoms with van der Waals surface area (Å²) in [4.78, 5) is 0.452. The zero-order chi connectivity index (χ0) is 15.0. The van der Waals surface area contributed by atoms with Crippen molar-refractivity contribution in [3.63, 3.8) is 0 Å². The Morgan fingerprint density at radius 3 is 2.81 bits per heavy atom. The van der Waals surface area contributed by atoms with Gasteiger partial charge in [-0.3, -0.25) is 0 Å². The predicted octanol–water partition coefficient (Wildman–Crippen LogP) is 1.92. The number of fused-ring (bicyclic) bond motifs is 1. The lowest BCUT2D eigenvalue weighted by molar-refractivity contribution is 0.230. The van der Waals surface area contributed by atoms with Gasteiger partial charge in [-0.1, -0.05) is 19.4 Å². The minimum absolute atomic E-state index is 0.126. The molecule has 3 rings (SSSR count). The summed E-state index contributed by atoms with van der Waals surface area (Å²) in [6, 6.07) is 5.77. The molecule has 4 nitrogen and oxygen atoms in total. The van der Waals surface area contributed by atoms with E-state index in [1.165, 1.54) is 11.1 Å². The van der Waals surface area contributed by atoms with E-state index in [-0.39, 0.29) is 12.0 Å². The Morgan fingerprint density at radius 2 is 2.05 bits per heavy atom. The zero-order valence-electron chi connectivity index (χ0n) is 12.6. The van der Waals surface area contributed by atoms with Gasteiger partial charge in [-0.15, -0.1) is 0 Å². The monoisotopic (exact) mass is 308 g/mol. The molecule has 0 radical (unpaired) electrons. The van der Waals surface area contributed by atoms with E-state index in [2.05, 4.69) is 6.92 Å². The number of nitrogens with two attached hydrogens (primary N) is 1. The number of hydrogen-bond acceptors (Lipinski definition) is 3. The maximum Gasteiger partial charge on any atom is 0.243 e. The van der Waals surface area contributed by atoms with E-state index < -0.39 is 10.0 Å². The minimum atomic E-state index is -3.37. The van der Waals surface area contributed by atoms with E-state index in [1.54, 1.807) is 10.4 Å². The second kappa shape index (κ2) is 5.71. The molecule has 0 spiro atoms. The standard InChI is InChI=1S/C16H24N2O2S/c1-2-12-11-18(9-8-16(12)17)21(19,20)15-7-6-13-4-3-5-14(13)10-15/h6-7,10,12,16H,2-5,8-9,11,17H2,1H3. The molecule has 1 aliphatic heterocycles. The first-order valence-electron chi connectivity index (χ1n) is 7.90. The molecule has 21 heavy (non-hydrogen) atoms. The molecule has 1 aromatic carbocycles. The molecule has 1 aromatic rings. The number of sulfonamides is 1. The Balaban J connectivity index is 1.86. The molecule has 2 unspecified atom stereocenters. The fourth-order valence-corrected chi connectivity index (χ4v) is 5.09. The predicted molar refractivity (Wildman–Crippen MR) is 83.6 cm³/mol. The van der Waals surface area contributed by atoms with Crippen LogP contribution < -0.4 is 5.73 Å². The van der Waals surface area contributed by atoms with Crippen molar-refractivity contribution in [3.8, 4) is 0 Å². The van der Waals surface area contributed by atoms with Crippen molar-refractivity contribution in [1.82, 2.24) is 4.31 Å². The first kappa shape index (κ1) is 15.0. The van der Waals surface area contributed by atoms with Gasteiger partial charge in [-0.05, 0) is 54.9 Å². The fraction of sp³-hybridized carbons (Fsp3) is 0.625. The smallest absolute Gasteiger partial charge is 0.243 e. The highest BCUT2D eigenvalue weighted by Gasteiger charge is 2.33. The van der Waals surface area contributed by atoms with Crippen LogP contribution in [0.5, 0.6) is 0 Å². The summed E-state index contributed by atoms with van der Waals surface area (Å²) in [6.45, 7) is 3.17. The molecule has 1 aliphatic carbocycles. The molecule has 116 valence electrons. The molecular formula is C16H24N2O2S. The summed E-state index contributed by atoms with van der Waals surface area (Å²) in [5.41, 5.74) is 8.60. The van der Waals surface area contributed by atoms with Crippen LogP contribution >= 0.6 is 0 Å². The third-order valence-electron chi connectivity index (χ3n) is 4.99. The normalized spacial score (nSPS) is 26.8. The molecular weight excluding hydrogens is 284 g/mol. The van der Waals surface area contributed by atoms with Crippen LogP contribution in [0.3, 0.4) is 0 Å². The summed E-state index contributed by atoms with van der Waals surface area (Å²) >= 11 is 0. The molecule has 2 aliphatic rings. The Labute approximate surface area is 127 Å². The van der Waals surface area contributed by atoms with Crippen LogP contribution in [0, 0.1) is 5.92 Å². The van der Waals surface area contributed by atoms with Gasteiger partial charge < -0.3 is 5.73 Å². The molecule has 2 atom stereocenters. The molecule has 0 bridgehead atoms. The van der Waals surface area contributed by atoms with Gasteiger partial charge in [0.15, 0.2) is 0 Å². The van der Waals surface area contributed by atoms with Crippen LogP contribution in [-0.4, -0.2) is 31.9 Å². The van der Waals surface area contributed by atoms with E-state index in [0.717, 1.165) is 32.1 Å². The lowest BCUT2D eigenvalue weighted by Gasteiger charge is -2.35. The quantitative estimate of drug-likeness (QED) is 0.928. The molecule has 1 heterocycles. The van der Waals surface area contributed by atoms with Gasteiger partial charge in [0.05, 0.1) is 4.90 Å². The third kappa shape index (κ3) is 2.74. The number of benzene rings is 1. The molecule has 2 N–H and O–H groups in total. The zero-order valence-corrected chi connectivity index (χ0v) is 13.4. The Bertz CT molecular complexity index is 627. The van der Waals surface area contributed by atoms with Crippen molar-refractivity contribution in [1.29, 1.82) is 0 Å². The van der Waals surface area contributed by atoms with Gasteiger partial charge in [0.1, 0.15) is 0 Å². The SMILES string of the molecule is CCC1CN(S(=O)(=O)c2ccc3c(c2)CCC3)CCC1N. The first-order chi connectivity index (χ1) is 10.0. The first-order valence-corrected chi connectivity index (χ1v) is 9.34. The molecule has 5 heteroatoms. The fourth-order valence-electron chi connectivity index (χ4n) is 3.52. The molecule has 0 amide bonds. The summed E-state index contributed by atoms with van der Waals surface area (Å²) in [5.74, 6) is 0.267. The summed E-state index contributed by atoms with van der Waals surface area (Å²) in [5, 5.41) is 0. The van der Waals surface area contributed by atoms with Crippen LogP contribution in [-0.2, 0) is 22.9 Å². The van der Waals surface area contributed by atoms with Crippen LogP contribution in [0.25, 0.3) is 0 Å². The van der Waals surface area contributed by atoms with E-state index in [4.69, 9.17) is 5.73 Å². The molecule has 1 saturated heterocycles. The van der Waals surface area contributed by atoms with Crippen molar-refractivity contribution >= 4 is 10.0 Å². The lowest BCUT2D eigenvalue weighted by atomic mass is 9.92. The third-order valence-corrected chi connectivity index (χ3v) is 6.85. The van der Waals surface area contributed by atoms with Gasteiger partial charge >= 0.3 is 0 Å². The number of aryl methyl sites for hydroxylation is 2. The van der Waals surface area contributed by atoms with Crippen LogP contribution in [0.1, 0.15) is 37.3 Å². The van der Waals surface area contributed by atoms with E-state index in [0.29, 0.717) is 18.0 Å². The Hall–Kier alpha value is -0.910. The van der Waals surface area contributed by atoms with Crippen molar-refractivity contribution < 1.29 is 8.42 Å². The highest BCUT2D eigenvalue weighted by atomic mass is 32.2. The van der Waals surface area contributed by atoms with E-state index >= 15 is 0 Å². The number of rotatable bonds is 3. The van der Waals surface area contributed by atoms with Gasteiger partial charge in [0.25, 0.3) is 0 Å². The van der Waals surface area contributed by atoms with E-state index in [1.807, 2.05) is 12.1 Å². The van der Waals surface area contributed by atoms with Crippen molar-refractivity contribution in [2.45, 2.75) is 50.0 Å². The Morgan fingerprint density at radius 1 is 1.29 bits per heavy atom. The lowest BCUT2D eigenvalue weighted by Crippen LogP contribution is -2.48. The maximum atomic E-state index is 12.8. The van der Waals surface area contributed by atoms with Crippen molar-refractivity contribution in [3.05, 3.63) is 29.3 Å². The largest absolute Gasteiger partial charge is 0.327 e. The minimum Gasteiger partial charge on any atom is -0.327 e. The van der Waals surface area contributed by atoms with Crippen LogP contribution in [0.2, 0.25) is 0 Å². The number of hydrogen-bond donors (Lipinski definition) is 1. The van der Waals surface area contributed by atoms with Gasteiger partial charge in [-0.2, -0.15) is 4.31 Å². The molecule has 0 aromatic heterocycles. The number of piperidine rings is 1. The van der Waals surface area contributed by atoms with Gasteiger partial charge in [0, 0.05) is 19.1 Å².